The molecule has 0 aromatic heterocycles. The van der Waals surface area contributed by atoms with Gasteiger partial charge in [-0.3, -0.25) is 4.79 Å². The van der Waals surface area contributed by atoms with Gasteiger partial charge in [0, 0.05) is 12.6 Å². The Hall–Kier alpha value is -0.790. The fourth-order valence-electron chi connectivity index (χ4n) is 2.10. The lowest BCUT2D eigenvalue weighted by Crippen LogP contribution is -2.45. The average Bonchev–Trinajstić information content (AvgIpc) is 2.17. The molecule has 1 rings (SSSR count). The predicted molar refractivity (Wildman–Crippen MR) is 58.9 cm³/mol. The Morgan fingerprint density at radius 1 is 1.50 bits per heavy atom. The van der Waals surface area contributed by atoms with E-state index in [0.717, 1.165) is 13.0 Å². The lowest BCUT2D eigenvalue weighted by molar-refractivity contribution is -0.130. The van der Waals surface area contributed by atoms with Crippen LogP contribution in [-0.2, 0) is 4.79 Å². The zero-order valence-corrected chi connectivity index (χ0v) is 9.49. The van der Waals surface area contributed by atoms with Gasteiger partial charge in [-0.2, -0.15) is 0 Å². The van der Waals surface area contributed by atoms with Crippen LogP contribution in [-0.4, -0.2) is 23.4 Å². The Kier molecular flexibility index (Phi) is 3.73. The van der Waals surface area contributed by atoms with E-state index in [-0.39, 0.29) is 5.91 Å². The fourth-order valence-corrected chi connectivity index (χ4v) is 2.10. The highest BCUT2D eigenvalue weighted by atomic mass is 16.2. The van der Waals surface area contributed by atoms with Crippen molar-refractivity contribution >= 4 is 5.91 Å². The highest BCUT2D eigenvalue weighted by Gasteiger charge is 2.28. The SMILES string of the molecule is C=CC(=O)N1CC(C(C)C)CC[C@@H]1C. The van der Waals surface area contributed by atoms with Gasteiger partial charge in [-0.05, 0) is 37.7 Å². The van der Waals surface area contributed by atoms with Crippen LogP contribution >= 0.6 is 0 Å². The zero-order chi connectivity index (χ0) is 10.7. The summed E-state index contributed by atoms with van der Waals surface area (Å²) in [5.74, 6) is 1.42. The third-order valence-electron chi connectivity index (χ3n) is 3.32. The Morgan fingerprint density at radius 2 is 2.14 bits per heavy atom. The van der Waals surface area contributed by atoms with Gasteiger partial charge in [0.2, 0.25) is 5.91 Å². The number of amides is 1. The van der Waals surface area contributed by atoms with E-state index in [0.29, 0.717) is 17.9 Å². The van der Waals surface area contributed by atoms with Gasteiger partial charge >= 0.3 is 0 Å². The Bertz CT molecular complexity index is 222. The fraction of sp³-hybridized carbons (Fsp3) is 0.750. The van der Waals surface area contributed by atoms with Crippen LogP contribution < -0.4 is 0 Å². The highest BCUT2D eigenvalue weighted by molar-refractivity contribution is 5.87. The van der Waals surface area contributed by atoms with E-state index in [2.05, 4.69) is 27.4 Å². The predicted octanol–water partition coefficient (Wildman–Crippen LogP) is 2.46. The molecule has 1 aliphatic rings. The van der Waals surface area contributed by atoms with Gasteiger partial charge in [-0.15, -0.1) is 0 Å². The van der Waals surface area contributed by atoms with Gasteiger partial charge in [0.25, 0.3) is 0 Å². The summed E-state index contributed by atoms with van der Waals surface area (Å²) in [5, 5.41) is 0. The molecule has 1 aliphatic heterocycles. The first-order chi connectivity index (χ1) is 6.56. The maximum absolute atomic E-state index is 11.6. The first kappa shape index (κ1) is 11.3. The van der Waals surface area contributed by atoms with Crippen LogP contribution in [0.25, 0.3) is 0 Å². The monoisotopic (exact) mass is 195 g/mol. The van der Waals surface area contributed by atoms with Crippen LogP contribution in [0, 0.1) is 11.8 Å². The molecule has 1 unspecified atom stereocenters. The van der Waals surface area contributed by atoms with Crippen molar-refractivity contribution in [2.24, 2.45) is 11.8 Å². The lowest BCUT2D eigenvalue weighted by Gasteiger charge is -2.39. The summed E-state index contributed by atoms with van der Waals surface area (Å²) >= 11 is 0. The molecule has 1 heterocycles. The van der Waals surface area contributed by atoms with Crippen molar-refractivity contribution in [2.75, 3.05) is 6.54 Å². The third kappa shape index (κ3) is 2.37. The van der Waals surface area contributed by atoms with Crippen LogP contribution in [0.15, 0.2) is 12.7 Å². The van der Waals surface area contributed by atoms with Gasteiger partial charge in [0.15, 0.2) is 0 Å². The van der Waals surface area contributed by atoms with Gasteiger partial charge in [0.05, 0.1) is 0 Å². The van der Waals surface area contributed by atoms with Crippen molar-refractivity contribution < 1.29 is 4.79 Å². The molecule has 80 valence electrons. The highest BCUT2D eigenvalue weighted by Crippen LogP contribution is 2.27. The van der Waals surface area contributed by atoms with Gasteiger partial charge in [0.1, 0.15) is 0 Å². The minimum atomic E-state index is 0.0860. The zero-order valence-electron chi connectivity index (χ0n) is 9.49. The molecule has 1 amide bonds. The quantitative estimate of drug-likeness (QED) is 0.620. The molecular formula is C12H21NO. The molecule has 0 aromatic carbocycles. The number of carbonyl (C=O) groups excluding carboxylic acids is 1. The van der Waals surface area contributed by atoms with E-state index >= 15 is 0 Å². The van der Waals surface area contributed by atoms with Crippen LogP contribution in [0.2, 0.25) is 0 Å². The number of nitrogens with zero attached hydrogens (tertiary/aromatic N) is 1. The smallest absolute Gasteiger partial charge is 0.246 e. The van der Waals surface area contributed by atoms with Crippen LogP contribution in [0.1, 0.15) is 33.6 Å². The molecule has 0 aromatic rings. The molecular weight excluding hydrogens is 174 g/mol. The molecule has 0 spiro atoms. The van der Waals surface area contributed by atoms with E-state index in [4.69, 9.17) is 0 Å². The normalized spacial score (nSPS) is 27.9. The van der Waals surface area contributed by atoms with E-state index in [1.165, 1.54) is 12.5 Å². The van der Waals surface area contributed by atoms with Crippen molar-refractivity contribution in [3.8, 4) is 0 Å². The molecule has 2 nitrogen and oxygen atoms in total. The van der Waals surface area contributed by atoms with Crippen molar-refractivity contribution in [3.63, 3.8) is 0 Å². The molecule has 0 bridgehead atoms. The van der Waals surface area contributed by atoms with Gasteiger partial charge in [-0.1, -0.05) is 20.4 Å². The van der Waals surface area contributed by atoms with E-state index in [1.54, 1.807) is 0 Å². The number of likely N-dealkylation sites (tertiary alicyclic amines) is 1. The van der Waals surface area contributed by atoms with Gasteiger partial charge in [-0.25, -0.2) is 0 Å². The number of hydrogen-bond acceptors (Lipinski definition) is 1. The molecule has 1 saturated heterocycles. The maximum Gasteiger partial charge on any atom is 0.246 e. The molecule has 2 heteroatoms. The second-order valence-corrected chi connectivity index (χ2v) is 4.63. The summed E-state index contributed by atoms with van der Waals surface area (Å²) in [7, 11) is 0. The second-order valence-electron chi connectivity index (χ2n) is 4.63. The third-order valence-corrected chi connectivity index (χ3v) is 3.32. The van der Waals surface area contributed by atoms with E-state index in [9.17, 15) is 4.79 Å². The van der Waals surface area contributed by atoms with Crippen LogP contribution in [0.4, 0.5) is 0 Å². The minimum absolute atomic E-state index is 0.0860. The summed E-state index contributed by atoms with van der Waals surface area (Å²) < 4.78 is 0. The molecule has 0 N–H and O–H groups in total. The molecule has 0 saturated carbocycles. The number of hydrogen-bond donors (Lipinski definition) is 0. The Labute approximate surface area is 87.0 Å². The number of rotatable bonds is 2. The van der Waals surface area contributed by atoms with Gasteiger partial charge < -0.3 is 4.90 Å². The Balaban J connectivity index is 2.64. The number of piperidine rings is 1. The minimum Gasteiger partial charge on any atom is -0.336 e. The lowest BCUT2D eigenvalue weighted by atomic mass is 9.85. The summed E-state index contributed by atoms with van der Waals surface area (Å²) in [5.41, 5.74) is 0. The molecule has 14 heavy (non-hydrogen) atoms. The second kappa shape index (κ2) is 4.63. The van der Waals surface area contributed by atoms with Crippen molar-refractivity contribution in [1.29, 1.82) is 0 Å². The summed E-state index contributed by atoms with van der Waals surface area (Å²) in [6, 6.07) is 0.385. The van der Waals surface area contributed by atoms with Crippen molar-refractivity contribution in [3.05, 3.63) is 12.7 Å². The first-order valence-electron chi connectivity index (χ1n) is 5.49. The van der Waals surface area contributed by atoms with Crippen molar-refractivity contribution in [1.82, 2.24) is 4.90 Å². The average molecular weight is 195 g/mol. The molecule has 1 fully saturated rings. The standard InChI is InChI=1S/C12H21NO/c1-5-12(14)13-8-11(9(2)3)7-6-10(13)4/h5,9-11H,1,6-8H2,2-4H3/t10-,11?/m0/s1. The van der Waals surface area contributed by atoms with E-state index < -0.39 is 0 Å². The molecule has 0 aliphatic carbocycles. The topological polar surface area (TPSA) is 20.3 Å². The summed E-state index contributed by atoms with van der Waals surface area (Å²) in [6.07, 6.45) is 3.81. The maximum atomic E-state index is 11.6. The van der Waals surface area contributed by atoms with Crippen LogP contribution in [0.5, 0.6) is 0 Å². The summed E-state index contributed by atoms with van der Waals surface area (Å²) in [6.45, 7) is 11.0. The molecule has 2 atom stereocenters. The number of carbonyl (C=O) groups is 1. The first-order valence-corrected chi connectivity index (χ1v) is 5.49. The van der Waals surface area contributed by atoms with Crippen molar-refractivity contribution in [2.45, 2.75) is 39.7 Å². The van der Waals surface area contributed by atoms with E-state index in [1.807, 2.05) is 4.90 Å². The Morgan fingerprint density at radius 3 is 2.64 bits per heavy atom. The largest absolute Gasteiger partial charge is 0.336 e. The summed E-state index contributed by atoms with van der Waals surface area (Å²) in [4.78, 5) is 13.5. The van der Waals surface area contributed by atoms with Crippen LogP contribution in [0.3, 0.4) is 0 Å². The molecule has 0 radical (unpaired) electrons.